The van der Waals surface area contributed by atoms with Crippen molar-refractivity contribution in [2.45, 2.75) is 25.7 Å². The second-order valence-corrected chi connectivity index (χ2v) is 5.21. The number of carbonyl (C=O) groups is 1. The molecule has 1 fully saturated rings. The molecule has 0 spiro atoms. The molecule has 0 N–H and O–H groups in total. The molecule has 0 saturated carbocycles. The van der Waals surface area contributed by atoms with Crippen molar-refractivity contribution in [3.05, 3.63) is 48.1 Å². The topological polar surface area (TPSA) is 71.9 Å². The lowest BCUT2D eigenvalue weighted by molar-refractivity contribution is 0.0699. The van der Waals surface area contributed by atoms with Gasteiger partial charge in [0.05, 0.1) is 0 Å². The summed E-state index contributed by atoms with van der Waals surface area (Å²) in [6, 6.07) is 3.59. The highest BCUT2D eigenvalue weighted by molar-refractivity contribution is 5.92. The first-order valence-corrected chi connectivity index (χ1v) is 7.09. The van der Waals surface area contributed by atoms with E-state index in [1.54, 1.807) is 31.7 Å². The monoisotopic (exact) mass is 283 g/mol. The minimum Gasteiger partial charge on any atom is -0.337 e. The van der Waals surface area contributed by atoms with E-state index in [0.717, 1.165) is 25.1 Å². The molecule has 2 aromatic rings. The van der Waals surface area contributed by atoms with Crippen molar-refractivity contribution < 1.29 is 4.79 Å². The molecular formula is C15H17N5O. The predicted molar refractivity (Wildman–Crippen MR) is 76.7 cm³/mol. The number of hydrogen-bond acceptors (Lipinski definition) is 5. The van der Waals surface area contributed by atoms with E-state index in [0.29, 0.717) is 18.1 Å². The summed E-state index contributed by atoms with van der Waals surface area (Å²) in [5.74, 6) is 0.859. The molecule has 1 amide bonds. The molecular weight excluding hydrogens is 266 g/mol. The number of carbonyl (C=O) groups excluding carboxylic acids is 1. The van der Waals surface area contributed by atoms with Crippen LogP contribution in [0.3, 0.4) is 0 Å². The van der Waals surface area contributed by atoms with E-state index in [4.69, 9.17) is 0 Å². The summed E-state index contributed by atoms with van der Waals surface area (Å²) in [5.41, 5.74) is 1.47. The minimum atomic E-state index is -0.0285. The summed E-state index contributed by atoms with van der Waals surface area (Å²) in [4.78, 5) is 30.9. The fraction of sp³-hybridized carbons (Fsp3) is 0.400. The van der Waals surface area contributed by atoms with Gasteiger partial charge in [-0.15, -0.1) is 0 Å². The van der Waals surface area contributed by atoms with Gasteiger partial charge in [0.15, 0.2) is 0 Å². The lowest BCUT2D eigenvalue weighted by Crippen LogP contribution is -2.39. The Balaban J connectivity index is 1.75. The number of hydrogen-bond donors (Lipinski definition) is 0. The number of nitrogens with zero attached hydrogens (tertiary/aromatic N) is 5. The van der Waals surface area contributed by atoms with Gasteiger partial charge >= 0.3 is 0 Å². The van der Waals surface area contributed by atoms with Gasteiger partial charge in [-0.2, -0.15) is 0 Å². The molecule has 6 heteroatoms. The highest BCUT2D eigenvalue weighted by Gasteiger charge is 2.26. The van der Waals surface area contributed by atoms with Crippen LogP contribution in [-0.2, 0) is 0 Å². The molecule has 6 nitrogen and oxygen atoms in total. The maximum Gasteiger partial charge on any atom is 0.272 e. The summed E-state index contributed by atoms with van der Waals surface area (Å²) >= 11 is 0. The molecule has 1 aliphatic heterocycles. The van der Waals surface area contributed by atoms with Gasteiger partial charge in [0.1, 0.15) is 17.8 Å². The van der Waals surface area contributed by atoms with Gasteiger partial charge in [-0.3, -0.25) is 4.79 Å². The fourth-order valence-corrected chi connectivity index (χ4v) is 2.68. The molecule has 3 heterocycles. The van der Waals surface area contributed by atoms with E-state index >= 15 is 0 Å². The third kappa shape index (κ3) is 3.04. The van der Waals surface area contributed by atoms with E-state index in [1.165, 1.54) is 0 Å². The molecule has 1 atom stereocenters. The van der Waals surface area contributed by atoms with Gasteiger partial charge in [-0.25, -0.2) is 19.9 Å². The first kappa shape index (κ1) is 13.6. The third-order valence-corrected chi connectivity index (χ3v) is 3.73. The van der Waals surface area contributed by atoms with Crippen LogP contribution in [0.5, 0.6) is 0 Å². The Labute approximate surface area is 123 Å². The first-order chi connectivity index (χ1) is 10.2. The molecule has 21 heavy (non-hydrogen) atoms. The Bertz CT molecular complexity index is 631. The highest BCUT2D eigenvalue weighted by Crippen LogP contribution is 2.25. The van der Waals surface area contributed by atoms with Gasteiger partial charge in [-0.05, 0) is 31.9 Å². The van der Waals surface area contributed by atoms with Crippen LogP contribution in [0.2, 0.25) is 0 Å². The standard InChI is InChI=1S/C15H17N5O/c1-11-17-7-5-14(19-11)15(21)20-8-2-3-12(9-20)13-4-6-16-10-18-13/h4-7,10,12H,2-3,8-9H2,1H3/t12-/m0/s1. The summed E-state index contributed by atoms with van der Waals surface area (Å²) < 4.78 is 0. The molecule has 0 unspecified atom stereocenters. The Kier molecular flexibility index (Phi) is 3.85. The van der Waals surface area contributed by atoms with Crippen molar-refractivity contribution in [2.24, 2.45) is 0 Å². The quantitative estimate of drug-likeness (QED) is 0.837. The Hall–Kier alpha value is -2.37. The number of piperidine rings is 1. The van der Waals surface area contributed by atoms with E-state index in [1.807, 2.05) is 11.0 Å². The molecule has 3 rings (SSSR count). The molecule has 0 aromatic carbocycles. The van der Waals surface area contributed by atoms with Crippen LogP contribution in [0, 0.1) is 6.92 Å². The molecule has 0 aliphatic carbocycles. The number of rotatable bonds is 2. The van der Waals surface area contributed by atoms with Gasteiger partial charge in [0.25, 0.3) is 5.91 Å². The molecule has 2 aromatic heterocycles. The zero-order valence-electron chi connectivity index (χ0n) is 11.9. The van der Waals surface area contributed by atoms with Crippen LogP contribution in [0.25, 0.3) is 0 Å². The maximum atomic E-state index is 12.5. The van der Waals surface area contributed by atoms with Gasteiger partial charge < -0.3 is 4.90 Å². The zero-order chi connectivity index (χ0) is 14.7. The minimum absolute atomic E-state index is 0.0285. The normalized spacial score (nSPS) is 18.5. The molecule has 1 saturated heterocycles. The van der Waals surface area contributed by atoms with Crippen LogP contribution in [0.15, 0.2) is 30.9 Å². The van der Waals surface area contributed by atoms with E-state index < -0.39 is 0 Å². The summed E-state index contributed by atoms with van der Waals surface area (Å²) in [5, 5.41) is 0. The largest absolute Gasteiger partial charge is 0.337 e. The van der Waals surface area contributed by atoms with Gasteiger partial charge in [-0.1, -0.05) is 0 Å². The summed E-state index contributed by atoms with van der Waals surface area (Å²) in [6.45, 7) is 3.24. The van der Waals surface area contributed by atoms with Crippen molar-refractivity contribution in [3.63, 3.8) is 0 Å². The van der Waals surface area contributed by atoms with E-state index in [2.05, 4.69) is 19.9 Å². The SMILES string of the molecule is Cc1nccc(C(=O)N2CCC[C@H](c3ccncn3)C2)n1. The summed E-state index contributed by atoms with van der Waals surface area (Å²) in [7, 11) is 0. The number of likely N-dealkylation sites (tertiary alicyclic amines) is 1. The third-order valence-electron chi connectivity index (χ3n) is 3.73. The van der Waals surface area contributed by atoms with E-state index in [9.17, 15) is 4.79 Å². The first-order valence-electron chi connectivity index (χ1n) is 7.09. The molecule has 1 aliphatic rings. The van der Waals surface area contributed by atoms with Crippen LogP contribution in [0.4, 0.5) is 0 Å². The van der Waals surface area contributed by atoms with Crippen molar-refractivity contribution in [3.8, 4) is 0 Å². The second kappa shape index (κ2) is 5.95. The molecule has 0 radical (unpaired) electrons. The lowest BCUT2D eigenvalue weighted by Gasteiger charge is -2.32. The predicted octanol–water partition coefficient (Wildman–Crippen LogP) is 1.59. The van der Waals surface area contributed by atoms with E-state index in [-0.39, 0.29) is 11.8 Å². The van der Waals surface area contributed by atoms with Crippen LogP contribution in [0.1, 0.15) is 40.8 Å². The van der Waals surface area contributed by atoms with Gasteiger partial charge in [0.2, 0.25) is 0 Å². The summed E-state index contributed by atoms with van der Waals surface area (Å²) in [6.07, 6.45) is 6.95. The average Bonchev–Trinajstić information content (AvgIpc) is 2.55. The highest BCUT2D eigenvalue weighted by atomic mass is 16.2. The second-order valence-electron chi connectivity index (χ2n) is 5.21. The van der Waals surface area contributed by atoms with Gasteiger partial charge in [0, 0.05) is 37.1 Å². The average molecular weight is 283 g/mol. The maximum absolute atomic E-state index is 12.5. The molecule has 108 valence electrons. The van der Waals surface area contributed by atoms with Crippen LogP contribution < -0.4 is 0 Å². The van der Waals surface area contributed by atoms with Crippen molar-refractivity contribution >= 4 is 5.91 Å². The molecule has 0 bridgehead atoms. The fourth-order valence-electron chi connectivity index (χ4n) is 2.68. The van der Waals surface area contributed by atoms with Crippen molar-refractivity contribution in [2.75, 3.05) is 13.1 Å². The van der Waals surface area contributed by atoms with Crippen molar-refractivity contribution in [1.29, 1.82) is 0 Å². The number of amides is 1. The number of aryl methyl sites for hydroxylation is 1. The van der Waals surface area contributed by atoms with Crippen molar-refractivity contribution in [1.82, 2.24) is 24.8 Å². The lowest BCUT2D eigenvalue weighted by atomic mass is 9.94. The Morgan fingerprint density at radius 3 is 2.95 bits per heavy atom. The smallest absolute Gasteiger partial charge is 0.272 e. The van der Waals surface area contributed by atoms with Crippen LogP contribution >= 0.6 is 0 Å². The number of aromatic nitrogens is 4. The Morgan fingerprint density at radius 2 is 2.19 bits per heavy atom. The van der Waals surface area contributed by atoms with Crippen LogP contribution in [-0.4, -0.2) is 43.8 Å². The zero-order valence-corrected chi connectivity index (χ0v) is 11.9. The Morgan fingerprint density at radius 1 is 1.29 bits per heavy atom.